The number of hydrogen-bond donors (Lipinski definition) is 26. The first kappa shape index (κ1) is 98.9. The fourth-order valence-corrected chi connectivity index (χ4v) is 10.9. The summed E-state index contributed by atoms with van der Waals surface area (Å²) in [4.78, 5) is 223. The zero-order valence-electron chi connectivity index (χ0n) is 65.6. The van der Waals surface area contributed by atoms with Crippen molar-refractivity contribution in [1.29, 1.82) is 5.41 Å². The van der Waals surface area contributed by atoms with Gasteiger partial charge in [-0.25, -0.2) is 9.78 Å². The van der Waals surface area contributed by atoms with Crippen LogP contribution >= 0.6 is 0 Å². The van der Waals surface area contributed by atoms with Gasteiger partial charge in [-0.3, -0.25) is 77.3 Å². The zero-order chi connectivity index (χ0) is 85.9. The Bertz CT molecular complexity index is 3520. The molecule has 0 aliphatic heterocycles. The molecule has 0 radical (unpaired) electrons. The summed E-state index contributed by atoms with van der Waals surface area (Å²) in [5.74, 6) is -18.9. The van der Waals surface area contributed by atoms with Crippen LogP contribution in [-0.2, 0) is 89.6 Å². The average molecular weight is 1620 g/mol. The van der Waals surface area contributed by atoms with Crippen LogP contribution in [0.1, 0.15) is 144 Å². The summed E-state index contributed by atoms with van der Waals surface area (Å²) >= 11 is 0. The van der Waals surface area contributed by atoms with Gasteiger partial charge in [-0.15, -0.1) is 0 Å². The van der Waals surface area contributed by atoms with Crippen molar-refractivity contribution in [2.45, 2.75) is 224 Å². The van der Waals surface area contributed by atoms with E-state index in [1.165, 1.54) is 50.6 Å². The number of benzene rings is 1. The highest BCUT2D eigenvalue weighted by Crippen LogP contribution is 2.17. The van der Waals surface area contributed by atoms with Crippen LogP contribution in [0.15, 0.2) is 36.8 Å². The summed E-state index contributed by atoms with van der Waals surface area (Å²) in [6, 6.07) is -13.8. The number of nitrogens with two attached hydrogens (primary N) is 4. The van der Waals surface area contributed by atoms with Gasteiger partial charge in [0, 0.05) is 25.6 Å². The molecule has 1 aromatic carbocycles. The van der Waals surface area contributed by atoms with Crippen LogP contribution in [-0.4, -0.2) is 261 Å². The molecule has 0 spiro atoms. The number of aromatic nitrogens is 2. The van der Waals surface area contributed by atoms with Crippen LogP contribution in [0.25, 0.3) is 0 Å². The summed E-state index contributed by atoms with van der Waals surface area (Å²) in [5.41, 5.74) is 23.4. The van der Waals surface area contributed by atoms with Gasteiger partial charge in [0.25, 0.3) is 0 Å². The van der Waals surface area contributed by atoms with Crippen molar-refractivity contribution in [1.82, 2.24) is 89.7 Å². The number of aromatic hydroxyl groups is 1. The second kappa shape index (κ2) is 52.2. The highest BCUT2D eigenvalue weighted by molar-refractivity contribution is 6.00. The Morgan fingerprint density at radius 2 is 0.868 bits per heavy atom. The van der Waals surface area contributed by atoms with E-state index in [-0.39, 0.29) is 88.7 Å². The number of carbonyl (C=O) groups is 16. The SMILES string of the molecule is CC[C@H](C)[C@H](NC(=O)[C@H](CCCCN)NC(=O)[C@H](CC(=O)O)NC(=O)[C@H](CO)NC(=O)[C@@H](N)CCCCN)C(=O)N[C@H](C(=O)N[C@H](C(=O)N[C@@H](C)C(=O)N[C@@H](Cc1c[nH]cn1)C(=O)N[C@@H](CCCNC(=N)N)C(=O)NCC(=O)N[C@@H](C)C(=O)N[C@@H](CO)C(=O)NCC(=O)N[C@@H](Cc1ccc(O)cc1)C(=O)O)[C@@H](C)CC)[C@@H](C)CC. The predicted molar refractivity (Wildman–Crippen MR) is 410 cm³/mol. The van der Waals surface area contributed by atoms with Crippen LogP contribution in [0, 0.1) is 23.2 Å². The highest BCUT2D eigenvalue weighted by atomic mass is 16.4. The lowest BCUT2D eigenvalue weighted by molar-refractivity contribution is -0.142. The van der Waals surface area contributed by atoms with E-state index >= 15 is 0 Å². The molecule has 0 aliphatic rings. The van der Waals surface area contributed by atoms with E-state index in [0.717, 1.165) is 0 Å². The maximum Gasteiger partial charge on any atom is 0.326 e. The van der Waals surface area contributed by atoms with E-state index in [1.807, 2.05) is 0 Å². The van der Waals surface area contributed by atoms with Gasteiger partial charge >= 0.3 is 11.9 Å². The Morgan fingerprint density at radius 1 is 0.456 bits per heavy atom. The Labute approximate surface area is 659 Å². The van der Waals surface area contributed by atoms with E-state index in [9.17, 15) is 102 Å². The van der Waals surface area contributed by atoms with E-state index in [0.29, 0.717) is 31.4 Å². The van der Waals surface area contributed by atoms with Crippen molar-refractivity contribution in [2.75, 3.05) is 45.9 Å². The maximum atomic E-state index is 14.6. The molecule has 114 heavy (non-hydrogen) atoms. The molecule has 16 atom stereocenters. The molecule has 0 saturated carbocycles. The number of aliphatic hydroxyl groups is 2. The van der Waals surface area contributed by atoms with Crippen molar-refractivity contribution < 1.29 is 102 Å². The second-order valence-electron chi connectivity index (χ2n) is 27.7. The van der Waals surface area contributed by atoms with Gasteiger partial charge in [-0.2, -0.15) is 0 Å². The number of phenols is 1. The number of amides is 14. The second-order valence-corrected chi connectivity index (χ2v) is 27.7. The van der Waals surface area contributed by atoms with E-state index in [4.69, 9.17) is 28.3 Å². The molecule has 14 amide bonds. The molecule has 638 valence electrons. The summed E-state index contributed by atoms with van der Waals surface area (Å²) in [7, 11) is 0. The number of H-pyrrole nitrogens is 1. The number of carbonyl (C=O) groups excluding carboxylic acids is 14. The minimum absolute atomic E-state index is 0.0213. The number of guanidine groups is 1. The molecule has 0 saturated heterocycles. The molecule has 2 aromatic rings. The summed E-state index contributed by atoms with van der Waals surface area (Å²) in [6.07, 6.45) is 3.63. The molecule has 1 aromatic heterocycles. The van der Waals surface area contributed by atoms with Gasteiger partial charge in [0.2, 0.25) is 82.7 Å². The molecule has 30 N–H and O–H groups in total. The number of phenolic OH excluding ortho intramolecular Hbond substituents is 1. The Morgan fingerprint density at radius 3 is 1.35 bits per heavy atom. The molecule has 0 fully saturated rings. The molecular formula is C71H118N22O21. The smallest absolute Gasteiger partial charge is 0.326 e. The van der Waals surface area contributed by atoms with Gasteiger partial charge in [0.15, 0.2) is 5.96 Å². The molecule has 43 heteroatoms. The van der Waals surface area contributed by atoms with Gasteiger partial charge in [-0.1, -0.05) is 79.4 Å². The van der Waals surface area contributed by atoms with Gasteiger partial charge in [0.05, 0.1) is 50.8 Å². The monoisotopic (exact) mass is 1610 g/mol. The lowest BCUT2D eigenvalue weighted by atomic mass is 9.93. The third-order valence-corrected chi connectivity index (χ3v) is 18.5. The number of hydrogen-bond acceptors (Lipinski definition) is 24. The van der Waals surface area contributed by atoms with E-state index in [1.54, 1.807) is 41.5 Å². The van der Waals surface area contributed by atoms with Gasteiger partial charge < -0.3 is 133 Å². The molecule has 1 heterocycles. The van der Waals surface area contributed by atoms with Crippen molar-refractivity contribution >= 4 is 101 Å². The van der Waals surface area contributed by atoms with Crippen LogP contribution in [0.2, 0.25) is 0 Å². The first-order valence-electron chi connectivity index (χ1n) is 37.7. The number of aromatic amines is 1. The number of nitrogens with one attached hydrogen (secondary N) is 17. The largest absolute Gasteiger partial charge is 0.508 e. The minimum Gasteiger partial charge on any atom is -0.508 e. The van der Waals surface area contributed by atoms with Crippen molar-refractivity contribution in [3.63, 3.8) is 0 Å². The predicted octanol–water partition coefficient (Wildman–Crippen LogP) is -7.48. The van der Waals surface area contributed by atoms with Crippen LogP contribution < -0.4 is 103 Å². The normalized spacial score (nSPS) is 15.3. The van der Waals surface area contributed by atoms with Crippen molar-refractivity contribution in [2.24, 2.45) is 40.7 Å². The molecule has 0 aliphatic carbocycles. The molecule has 0 unspecified atom stereocenters. The number of aliphatic carboxylic acids is 2. The van der Waals surface area contributed by atoms with Crippen molar-refractivity contribution in [3.8, 4) is 5.75 Å². The third kappa shape index (κ3) is 36.1. The Kier molecular flexibility index (Phi) is 45.3. The summed E-state index contributed by atoms with van der Waals surface area (Å²) in [6.45, 7) is 9.52. The van der Waals surface area contributed by atoms with Gasteiger partial charge in [-0.05, 0) is 107 Å². The number of rotatable bonds is 55. The van der Waals surface area contributed by atoms with Crippen LogP contribution in [0.5, 0.6) is 5.75 Å². The average Bonchev–Trinajstić information content (AvgIpc) is 1.02. The molecular weight excluding hydrogens is 1500 g/mol. The third-order valence-electron chi connectivity index (χ3n) is 18.5. The van der Waals surface area contributed by atoms with Gasteiger partial charge in [0.1, 0.15) is 78.3 Å². The van der Waals surface area contributed by atoms with E-state index in [2.05, 4.69) is 89.7 Å². The van der Waals surface area contributed by atoms with Crippen LogP contribution in [0.4, 0.5) is 0 Å². The summed E-state index contributed by atoms with van der Waals surface area (Å²) in [5, 5.41) is 93.1. The Hall–Kier alpha value is -11.2. The number of unbranched alkanes of at least 4 members (excludes halogenated alkanes) is 2. The summed E-state index contributed by atoms with van der Waals surface area (Å²) < 4.78 is 0. The lowest BCUT2D eigenvalue weighted by Gasteiger charge is -2.32. The zero-order valence-corrected chi connectivity index (χ0v) is 65.6. The number of carboxylic acid groups (broad SMARTS) is 2. The number of carboxylic acids is 2. The maximum absolute atomic E-state index is 14.6. The topological polar surface area (TPSA) is 711 Å². The van der Waals surface area contributed by atoms with Crippen molar-refractivity contribution in [3.05, 3.63) is 48.0 Å². The first-order valence-corrected chi connectivity index (χ1v) is 37.7. The number of aliphatic hydroxyl groups excluding tert-OH is 2. The fraction of sp³-hybridized carbons (Fsp3) is 0.634. The fourth-order valence-electron chi connectivity index (χ4n) is 10.9. The Balaban J connectivity index is 2.32. The molecule has 0 bridgehead atoms. The minimum atomic E-state index is -1.87. The first-order chi connectivity index (χ1) is 53.9. The van der Waals surface area contributed by atoms with E-state index < -0.39 is 230 Å². The molecule has 2 rings (SSSR count). The number of nitrogens with zero attached hydrogens (tertiary/aromatic N) is 1. The quantitative estimate of drug-likeness (QED) is 0.0166. The highest BCUT2D eigenvalue weighted by Gasteiger charge is 2.39. The molecule has 43 nitrogen and oxygen atoms in total. The lowest BCUT2D eigenvalue weighted by Crippen LogP contribution is -2.62. The standard InChI is InChI=1S/C71H118N22O21/c1-9-36(4)55(92-69(112)57(38(6)11-3)93-68(111)56(37(5)10-2)91-63(106)46(18-13-15-25-73)86-65(108)48(29-54(99)100)88-66(109)51(34-95)90-60(103)44(74)17-12-14-24-72)67(110)83-40(8)59(102)87-47(28-42-30-77-35-81-42)64(107)85-45(19-16-26-78-71(75)76)61(104)79-31-52(97)82-39(7)58(101)89-50(33-94)62(105)80-32-53(98)84-49(70(113)114)27-41-20-22-43(96)23-21-41/h20-23,30,35-40,44-51,55-57,94-96H,9-19,24-29,31-34,72-74H2,1-8H3,(H,77,81)(H,79,104)(H,80,105)(H,82,97)(H,83,110)(H,84,98)(H,85,107)(H,86,108)(H,87,102)(H,88,109)(H,89,101)(H,90,103)(H,91,106)(H,92,112)(H,93,111)(H,99,100)(H,113,114)(H4,75,76,78)/t36-,37-,38-,39-,40-,44-,45-,46-,47-,48-,49-,50-,51-,55-,56-,57-/m0/s1. The number of imidazole rings is 1. The van der Waals surface area contributed by atoms with Crippen LogP contribution in [0.3, 0.4) is 0 Å².